The van der Waals surface area contributed by atoms with Gasteiger partial charge >= 0.3 is 0 Å². The first-order valence-corrected chi connectivity index (χ1v) is 13.9. The number of nitrogens with two attached hydrogens (primary N) is 1. The lowest BCUT2D eigenvalue weighted by molar-refractivity contribution is 0.100. The van der Waals surface area contributed by atoms with Crippen LogP contribution in [0.25, 0.3) is 0 Å². The molecule has 10 nitrogen and oxygen atoms in total. The molecule has 0 radical (unpaired) electrons. The zero-order valence-electron chi connectivity index (χ0n) is 23.1. The van der Waals surface area contributed by atoms with Gasteiger partial charge in [-0.3, -0.25) is 4.79 Å². The van der Waals surface area contributed by atoms with E-state index in [4.69, 9.17) is 15.7 Å². The van der Waals surface area contributed by atoms with Gasteiger partial charge in [0, 0.05) is 30.7 Å². The number of primary amides is 1. The molecule has 11 heteroatoms. The van der Waals surface area contributed by atoms with Crippen LogP contribution in [0.2, 0.25) is 0 Å². The van der Waals surface area contributed by atoms with Crippen LogP contribution in [0.4, 0.5) is 27.4 Å². The third-order valence-electron chi connectivity index (χ3n) is 7.70. The molecule has 2 fully saturated rings. The Bertz CT molecular complexity index is 1370. The van der Waals surface area contributed by atoms with Gasteiger partial charge < -0.3 is 30.9 Å². The number of piperidine rings is 2. The average molecular weight is 559 g/mol. The number of hydrogen-bond donors (Lipinski definition) is 3. The number of nitrogens with one attached hydrogen (secondary N) is 2. The average Bonchev–Trinajstić information content (AvgIpc) is 2.99. The van der Waals surface area contributed by atoms with Crippen molar-refractivity contribution >= 4 is 28.9 Å². The van der Waals surface area contributed by atoms with E-state index in [1.54, 1.807) is 18.2 Å². The second kappa shape index (κ2) is 12.8. The minimum absolute atomic E-state index is 0.130. The molecular formula is C30H35FN8O2. The highest BCUT2D eigenvalue weighted by Crippen LogP contribution is 2.28. The van der Waals surface area contributed by atoms with E-state index >= 15 is 4.39 Å². The van der Waals surface area contributed by atoms with Crippen molar-refractivity contribution in [3.05, 3.63) is 66.0 Å². The van der Waals surface area contributed by atoms with Crippen molar-refractivity contribution in [2.75, 3.05) is 55.4 Å². The third kappa shape index (κ3) is 7.21. The van der Waals surface area contributed by atoms with Crippen molar-refractivity contribution in [1.29, 1.82) is 5.26 Å². The van der Waals surface area contributed by atoms with Gasteiger partial charge in [0.15, 0.2) is 0 Å². The summed E-state index contributed by atoms with van der Waals surface area (Å²) in [5.74, 6) is 1.85. The predicted molar refractivity (Wildman–Crippen MR) is 156 cm³/mol. The summed E-state index contributed by atoms with van der Waals surface area (Å²) >= 11 is 0. The Morgan fingerprint density at radius 3 is 2.56 bits per heavy atom. The monoisotopic (exact) mass is 558 g/mol. The van der Waals surface area contributed by atoms with Crippen LogP contribution >= 0.6 is 0 Å². The molecular weight excluding hydrogens is 523 g/mol. The minimum Gasteiger partial charge on any atom is -0.493 e. The quantitative estimate of drug-likeness (QED) is 0.357. The molecule has 2 atom stereocenters. The molecule has 0 aliphatic carbocycles. The molecule has 0 saturated carbocycles. The summed E-state index contributed by atoms with van der Waals surface area (Å²) in [6, 6.07) is 14.2. The number of benzene rings is 1. The number of alkyl halides is 1. The van der Waals surface area contributed by atoms with Crippen LogP contribution in [0.1, 0.15) is 35.2 Å². The second-order valence-electron chi connectivity index (χ2n) is 10.7. The molecule has 3 aromatic rings. The molecule has 4 heterocycles. The number of hydrogen-bond acceptors (Lipinski definition) is 9. The van der Waals surface area contributed by atoms with E-state index in [-0.39, 0.29) is 12.1 Å². The lowest BCUT2D eigenvalue weighted by Gasteiger charge is -2.36. The molecule has 1 amide bonds. The van der Waals surface area contributed by atoms with Crippen LogP contribution in [-0.2, 0) is 0 Å². The van der Waals surface area contributed by atoms with E-state index in [1.165, 1.54) is 12.4 Å². The molecule has 2 aromatic heterocycles. The first kappa shape index (κ1) is 28.1. The van der Waals surface area contributed by atoms with Crippen LogP contribution in [0.3, 0.4) is 0 Å². The Balaban J connectivity index is 1.20. The number of nitrogens with zero attached hydrogens (tertiary/aromatic N) is 5. The van der Waals surface area contributed by atoms with Gasteiger partial charge in [0.1, 0.15) is 29.6 Å². The number of anilines is 4. The SMILES string of the molecule is CN1CCC(COc2ccc(Nc3cc(N[C@@H]4CCN(c5ccc(C#N)cn5)C[C@@H]4F)c(C(N)=O)cn3)cc2)CC1. The highest BCUT2D eigenvalue weighted by atomic mass is 19.1. The van der Waals surface area contributed by atoms with Crippen molar-refractivity contribution in [2.24, 2.45) is 11.7 Å². The van der Waals surface area contributed by atoms with Gasteiger partial charge in [-0.05, 0) is 81.7 Å². The Morgan fingerprint density at radius 2 is 1.90 bits per heavy atom. The lowest BCUT2D eigenvalue weighted by atomic mass is 9.98. The first-order chi connectivity index (χ1) is 19.9. The van der Waals surface area contributed by atoms with Gasteiger partial charge in [0.2, 0.25) is 0 Å². The molecule has 2 saturated heterocycles. The maximum Gasteiger partial charge on any atom is 0.252 e. The summed E-state index contributed by atoms with van der Waals surface area (Å²) in [5, 5.41) is 15.4. The molecule has 5 rings (SSSR count). The number of rotatable bonds is 9. The highest BCUT2D eigenvalue weighted by Gasteiger charge is 2.31. The summed E-state index contributed by atoms with van der Waals surface area (Å²) < 4.78 is 21.3. The minimum atomic E-state index is -1.23. The van der Waals surface area contributed by atoms with E-state index in [1.807, 2.05) is 35.2 Å². The Morgan fingerprint density at radius 1 is 1.12 bits per heavy atom. The lowest BCUT2D eigenvalue weighted by Crippen LogP contribution is -2.48. The molecule has 2 aliphatic rings. The number of likely N-dealkylation sites (tertiary alicyclic amines) is 1. The fourth-order valence-corrected chi connectivity index (χ4v) is 5.18. The van der Waals surface area contributed by atoms with Gasteiger partial charge in [-0.25, -0.2) is 14.4 Å². The topological polar surface area (TPSA) is 132 Å². The summed E-state index contributed by atoms with van der Waals surface area (Å²) in [7, 11) is 2.15. The Hall–Kier alpha value is -4.43. The van der Waals surface area contributed by atoms with Gasteiger partial charge in [-0.2, -0.15) is 5.26 Å². The van der Waals surface area contributed by atoms with Crippen molar-refractivity contribution in [2.45, 2.75) is 31.5 Å². The zero-order valence-corrected chi connectivity index (χ0v) is 23.1. The maximum absolute atomic E-state index is 15.3. The van der Waals surface area contributed by atoms with Gasteiger partial charge in [0.25, 0.3) is 5.91 Å². The highest BCUT2D eigenvalue weighted by molar-refractivity contribution is 5.98. The number of aromatic nitrogens is 2. The molecule has 2 aliphatic heterocycles. The largest absolute Gasteiger partial charge is 0.493 e. The van der Waals surface area contributed by atoms with Crippen molar-refractivity contribution in [3.63, 3.8) is 0 Å². The van der Waals surface area contributed by atoms with E-state index in [2.05, 4.69) is 32.5 Å². The van der Waals surface area contributed by atoms with Crippen molar-refractivity contribution < 1.29 is 13.9 Å². The Labute approximate surface area is 239 Å². The fraction of sp³-hybridized carbons (Fsp3) is 0.400. The van der Waals surface area contributed by atoms with E-state index in [0.29, 0.717) is 48.4 Å². The van der Waals surface area contributed by atoms with E-state index in [9.17, 15) is 4.79 Å². The van der Waals surface area contributed by atoms with Crippen LogP contribution in [-0.4, -0.2) is 72.8 Å². The number of ether oxygens (including phenoxy) is 1. The van der Waals surface area contributed by atoms with E-state index < -0.39 is 18.1 Å². The molecule has 214 valence electrons. The molecule has 0 spiro atoms. The third-order valence-corrected chi connectivity index (χ3v) is 7.70. The summed E-state index contributed by atoms with van der Waals surface area (Å²) in [6.45, 7) is 3.62. The number of nitriles is 1. The summed E-state index contributed by atoms with van der Waals surface area (Å²) in [5.41, 5.74) is 7.46. The number of carbonyl (C=O) groups excluding carboxylic acids is 1. The van der Waals surface area contributed by atoms with Gasteiger partial charge in [-0.1, -0.05) is 0 Å². The molecule has 0 unspecified atom stereocenters. The van der Waals surface area contributed by atoms with E-state index in [0.717, 1.165) is 37.4 Å². The zero-order chi connectivity index (χ0) is 28.8. The summed E-state index contributed by atoms with van der Waals surface area (Å²) in [4.78, 5) is 24.9. The normalized spacial score (nSPS) is 19.8. The van der Waals surface area contributed by atoms with Crippen LogP contribution < -0.4 is 26.0 Å². The van der Waals surface area contributed by atoms with Gasteiger partial charge in [0.05, 0.1) is 36.0 Å². The standard InChI is InChI=1S/C30H35FN8O2/c1-38-11-8-20(9-12-38)19-41-23-5-3-22(4-6-23)36-28-14-27(24(17-34-28)30(33)40)37-26-10-13-39(18-25(26)31)29-7-2-21(15-32)16-35-29/h2-7,14,16-17,20,25-26H,8-13,18-19H2,1H3,(H2,33,40)(H2,34,36,37)/t25-,26+/m0/s1. The predicted octanol–water partition coefficient (Wildman–Crippen LogP) is 3.94. The number of amides is 1. The summed E-state index contributed by atoms with van der Waals surface area (Å²) in [6.07, 6.45) is 4.43. The first-order valence-electron chi connectivity index (χ1n) is 13.9. The number of carbonyl (C=O) groups is 1. The number of halogens is 1. The molecule has 0 bridgehead atoms. The number of pyridine rings is 2. The molecule has 1 aromatic carbocycles. The molecule has 41 heavy (non-hydrogen) atoms. The van der Waals surface area contributed by atoms with Crippen molar-refractivity contribution in [1.82, 2.24) is 14.9 Å². The fourth-order valence-electron chi connectivity index (χ4n) is 5.18. The molecule has 4 N–H and O–H groups in total. The van der Waals surface area contributed by atoms with Crippen LogP contribution in [0, 0.1) is 17.2 Å². The second-order valence-corrected chi connectivity index (χ2v) is 10.7. The smallest absolute Gasteiger partial charge is 0.252 e. The van der Waals surface area contributed by atoms with Crippen LogP contribution in [0.15, 0.2) is 54.9 Å². The van der Waals surface area contributed by atoms with Crippen molar-refractivity contribution in [3.8, 4) is 11.8 Å². The van der Waals surface area contributed by atoms with Crippen LogP contribution in [0.5, 0.6) is 5.75 Å². The maximum atomic E-state index is 15.3. The van der Waals surface area contributed by atoms with Gasteiger partial charge in [-0.15, -0.1) is 0 Å². The Kier molecular flexibility index (Phi) is 8.79.